The summed E-state index contributed by atoms with van der Waals surface area (Å²) in [6.45, 7) is 4.82. The van der Waals surface area contributed by atoms with Crippen molar-refractivity contribution in [2.75, 3.05) is 13.2 Å². The van der Waals surface area contributed by atoms with Gasteiger partial charge < -0.3 is 9.47 Å². The average Bonchev–Trinajstić information content (AvgIpc) is 3.14. The predicted octanol–water partition coefficient (Wildman–Crippen LogP) is 3.05. The molecule has 8 nitrogen and oxygen atoms in total. The van der Waals surface area contributed by atoms with E-state index < -0.39 is 0 Å². The molecule has 26 heavy (non-hydrogen) atoms. The highest BCUT2D eigenvalue weighted by Gasteiger charge is 2.16. The molecule has 1 aliphatic heterocycles. The van der Waals surface area contributed by atoms with Crippen LogP contribution in [0, 0.1) is 18.6 Å². The maximum absolute atomic E-state index is 6.26. The van der Waals surface area contributed by atoms with E-state index in [1.807, 2.05) is 26.0 Å². The molecule has 0 aliphatic carbocycles. The number of H-pyrrole nitrogens is 1. The van der Waals surface area contributed by atoms with E-state index in [2.05, 4.69) is 20.4 Å². The molecule has 134 valence electrons. The summed E-state index contributed by atoms with van der Waals surface area (Å²) in [7, 11) is 0. The number of ether oxygens (including phenoxy) is 2. The zero-order chi connectivity index (χ0) is 18.3. The molecule has 2 aromatic heterocycles. The summed E-state index contributed by atoms with van der Waals surface area (Å²) in [5.41, 5.74) is 2.56. The number of aromatic amines is 1. The number of fused-ring (bicyclic) bond motifs is 1. The van der Waals surface area contributed by atoms with Crippen molar-refractivity contribution >= 4 is 30.0 Å². The van der Waals surface area contributed by atoms with Gasteiger partial charge in [0.1, 0.15) is 13.2 Å². The highest BCUT2D eigenvalue weighted by molar-refractivity contribution is 7.71. The van der Waals surface area contributed by atoms with E-state index in [0.717, 1.165) is 17.0 Å². The lowest BCUT2D eigenvalue weighted by Gasteiger charge is -2.19. The first-order valence-corrected chi connectivity index (χ1v) is 8.66. The number of hydrogen-bond donors (Lipinski definition) is 1. The van der Waals surface area contributed by atoms with Crippen LogP contribution < -0.4 is 9.47 Å². The van der Waals surface area contributed by atoms with Crippen LogP contribution in [0.5, 0.6) is 11.5 Å². The predicted molar refractivity (Wildman–Crippen MR) is 99.4 cm³/mol. The fraction of sp³-hybridized carbons (Fsp3) is 0.250. The Kier molecular flexibility index (Phi) is 4.25. The van der Waals surface area contributed by atoms with E-state index in [0.29, 0.717) is 40.5 Å². The van der Waals surface area contributed by atoms with Crippen molar-refractivity contribution in [3.63, 3.8) is 0 Å². The van der Waals surface area contributed by atoms with Gasteiger partial charge >= 0.3 is 0 Å². The fourth-order valence-corrected chi connectivity index (χ4v) is 3.13. The van der Waals surface area contributed by atoms with Crippen LogP contribution in [-0.2, 0) is 0 Å². The quantitative estimate of drug-likeness (QED) is 0.549. The molecule has 3 heterocycles. The molecule has 0 spiro atoms. The van der Waals surface area contributed by atoms with Crippen molar-refractivity contribution in [2.45, 2.75) is 13.8 Å². The van der Waals surface area contributed by atoms with Crippen molar-refractivity contribution in [1.82, 2.24) is 24.7 Å². The lowest BCUT2D eigenvalue weighted by Crippen LogP contribution is -2.15. The zero-order valence-corrected chi connectivity index (χ0v) is 15.6. The number of benzene rings is 1. The molecule has 4 rings (SSSR count). The van der Waals surface area contributed by atoms with Crippen LogP contribution in [0.15, 0.2) is 23.3 Å². The lowest BCUT2D eigenvalue weighted by molar-refractivity contribution is 0.171. The summed E-state index contributed by atoms with van der Waals surface area (Å²) in [4.78, 5) is 0. The number of halogens is 1. The van der Waals surface area contributed by atoms with Crippen molar-refractivity contribution in [2.24, 2.45) is 5.10 Å². The molecule has 0 unspecified atom stereocenters. The van der Waals surface area contributed by atoms with Crippen molar-refractivity contribution < 1.29 is 9.47 Å². The van der Waals surface area contributed by atoms with Crippen LogP contribution in [0.25, 0.3) is 5.95 Å². The molecule has 0 bridgehead atoms. The average molecular weight is 391 g/mol. The second kappa shape index (κ2) is 6.58. The third-order valence-electron chi connectivity index (χ3n) is 3.77. The Hall–Kier alpha value is -2.65. The minimum atomic E-state index is 0.354. The minimum Gasteiger partial charge on any atom is -0.486 e. The highest BCUT2D eigenvalue weighted by atomic mass is 35.5. The molecule has 0 radical (unpaired) electrons. The molecule has 1 N–H and O–H groups in total. The maximum atomic E-state index is 6.26. The maximum Gasteiger partial charge on any atom is 0.271 e. The van der Waals surface area contributed by atoms with E-state index in [1.54, 1.807) is 17.0 Å². The first-order valence-electron chi connectivity index (χ1n) is 7.87. The van der Waals surface area contributed by atoms with Gasteiger partial charge in [0.25, 0.3) is 5.95 Å². The molecule has 0 amide bonds. The smallest absolute Gasteiger partial charge is 0.271 e. The molecule has 0 fully saturated rings. The van der Waals surface area contributed by atoms with Crippen LogP contribution in [-0.4, -0.2) is 44.1 Å². The molecule has 0 saturated carbocycles. The van der Waals surface area contributed by atoms with Crippen LogP contribution in [0.2, 0.25) is 5.02 Å². The molecular formula is C16H15ClN6O2S. The Labute approximate surface area is 159 Å². The van der Waals surface area contributed by atoms with Crippen molar-refractivity contribution in [3.05, 3.63) is 44.9 Å². The SMILES string of the molecule is Cc1cc(C)n(-c2n[nH]c(=S)n2/N=C\c2cc(Cl)c3c(c2)OCCO3)n1. The van der Waals surface area contributed by atoms with Crippen LogP contribution >= 0.6 is 23.8 Å². The molecule has 0 saturated heterocycles. The second-order valence-corrected chi connectivity index (χ2v) is 6.54. The summed E-state index contributed by atoms with van der Waals surface area (Å²) in [6.07, 6.45) is 1.63. The van der Waals surface area contributed by atoms with Crippen LogP contribution in [0.1, 0.15) is 17.0 Å². The Morgan fingerprint density at radius 1 is 1.27 bits per heavy atom. The van der Waals surface area contributed by atoms with Gasteiger partial charge in [-0.25, -0.2) is 9.78 Å². The molecule has 1 aromatic carbocycles. The molecule has 1 aliphatic rings. The van der Waals surface area contributed by atoms with E-state index in [1.165, 1.54) is 4.68 Å². The lowest BCUT2D eigenvalue weighted by atomic mass is 10.2. The van der Waals surface area contributed by atoms with Gasteiger partial charge in [-0.1, -0.05) is 11.6 Å². The number of aromatic nitrogens is 5. The highest BCUT2D eigenvalue weighted by Crippen LogP contribution is 2.37. The third kappa shape index (κ3) is 2.99. The van der Waals surface area contributed by atoms with Crippen LogP contribution in [0.3, 0.4) is 0 Å². The van der Waals surface area contributed by atoms with Crippen LogP contribution in [0.4, 0.5) is 0 Å². The van der Waals surface area contributed by atoms with Crippen molar-refractivity contribution in [3.8, 4) is 17.4 Å². The third-order valence-corrected chi connectivity index (χ3v) is 4.32. The fourth-order valence-electron chi connectivity index (χ4n) is 2.69. The van der Waals surface area contributed by atoms with E-state index >= 15 is 0 Å². The minimum absolute atomic E-state index is 0.354. The van der Waals surface area contributed by atoms with Gasteiger partial charge in [0, 0.05) is 5.69 Å². The summed E-state index contributed by atoms with van der Waals surface area (Å²) < 4.78 is 14.6. The molecule has 3 aromatic rings. The van der Waals surface area contributed by atoms with E-state index in [9.17, 15) is 0 Å². The summed E-state index contributed by atoms with van der Waals surface area (Å²) in [5.74, 6) is 1.62. The normalized spacial score (nSPS) is 13.5. The Balaban J connectivity index is 1.72. The molecule has 0 atom stereocenters. The van der Waals surface area contributed by atoms with Crippen molar-refractivity contribution in [1.29, 1.82) is 0 Å². The van der Waals surface area contributed by atoms with Gasteiger partial charge in [0.2, 0.25) is 4.77 Å². The standard InChI is InChI=1S/C16H15ClN6O2S/c1-9-5-10(2)22(21-9)15-19-20-16(26)23(15)18-8-11-6-12(17)14-13(7-11)24-3-4-25-14/h5-8H,3-4H2,1-2H3,(H,20,26)/b18-8-. The van der Waals surface area contributed by atoms with E-state index in [-0.39, 0.29) is 0 Å². The Morgan fingerprint density at radius 3 is 2.85 bits per heavy atom. The first-order chi connectivity index (χ1) is 12.5. The largest absolute Gasteiger partial charge is 0.486 e. The van der Waals surface area contributed by atoms with Gasteiger partial charge in [-0.2, -0.15) is 14.9 Å². The monoisotopic (exact) mass is 390 g/mol. The Bertz CT molecular complexity index is 1070. The number of nitrogens with one attached hydrogen (secondary N) is 1. The summed E-state index contributed by atoms with van der Waals surface area (Å²) in [5, 5.41) is 16.3. The summed E-state index contributed by atoms with van der Waals surface area (Å²) in [6, 6.07) is 5.52. The summed E-state index contributed by atoms with van der Waals surface area (Å²) >= 11 is 11.5. The van der Waals surface area contributed by atoms with E-state index in [4.69, 9.17) is 33.3 Å². The number of aryl methyl sites for hydroxylation is 2. The van der Waals surface area contributed by atoms with Gasteiger partial charge in [-0.15, -0.1) is 5.10 Å². The number of nitrogens with zero attached hydrogens (tertiary/aromatic N) is 5. The van der Waals surface area contributed by atoms with Gasteiger partial charge in [-0.3, -0.25) is 0 Å². The van der Waals surface area contributed by atoms with Gasteiger partial charge in [-0.05, 0) is 49.8 Å². The zero-order valence-electron chi connectivity index (χ0n) is 14.1. The molecular weight excluding hydrogens is 376 g/mol. The Morgan fingerprint density at radius 2 is 2.08 bits per heavy atom. The second-order valence-electron chi connectivity index (χ2n) is 5.75. The van der Waals surface area contributed by atoms with Gasteiger partial charge in [0.15, 0.2) is 11.5 Å². The number of rotatable bonds is 3. The topological polar surface area (TPSA) is 82.2 Å². The number of hydrogen-bond acceptors (Lipinski definition) is 6. The van der Waals surface area contributed by atoms with Gasteiger partial charge in [0.05, 0.1) is 16.9 Å². The molecule has 10 heteroatoms. The first kappa shape index (κ1) is 16.8.